The first-order chi connectivity index (χ1) is 5.90. The van der Waals surface area contributed by atoms with Gasteiger partial charge in [-0.15, -0.1) is 13.2 Å². The molecular formula is C6H3ClF3NO2. The quantitative estimate of drug-likeness (QED) is 0.779. The third kappa shape index (κ3) is 2.66. The van der Waals surface area contributed by atoms with Gasteiger partial charge in [0.05, 0.1) is 5.02 Å². The van der Waals surface area contributed by atoms with Gasteiger partial charge in [-0.05, 0) is 6.07 Å². The maximum atomic E-state index is 11.6. The first kappa shape index (κ1) is 9.91. The van der Waals surface area contributed by atoms with Crippen LogP contribution in [0.1, 0.15) is 0 Å². The molecule has 0 saturated carbocycles. The van der Waals surface area contributed by atoms with Crippen molar-refractivity contribution in [3.05, 3.63) is 17.3 Å². The number of halogens is 4. The number of ether oxygens (including phenoxy) is 1. The van der Waals surface area contributed by atoms with Gasteiger partial charge in [-0.1, -0.05) is 11.6 Å². The van der Waals surface area contributed by atoms with Crippen LogP contribution in [0, 0.1) is 0 Å². The standard InChI is InChI=1S/C6H3ClF3NO2/c7-3-1-2-11-5(4(3)12)13-6(8,9)10/h1-2,12H. The Hall–Kier alpha value is -1.17. The molecule has 3 nitrogen and oxygen atoms in total. The molecule has 0 atom stereocenters. The summed E-state index contributed by atoms with van der Waals surface area (Å²) in [6.07, 6.45) is -3.90. The summed E-state index contributed by atoms with van der Waals surface area (Å²) < 4.78 is 38.3. The number of alkyl halides is 3. The van der Waals surface area contributed by atoms with Crippen LogP contribution in [0.2, 0.25) is 5.02 Å². The number of hydrogen-bond acceptors (Lipinski definition) is 3. The molecule has 1 aromatic rings. The minimum absolute atomic E-state index is 0.255. The maximum absolute atomic E-state index is 11.6. The minimum Gasteiger partial charge on any atom is -0.502 e. The highest BCUT2D eigenvalue weighted by molar-refractivity contribution is 6.32. The maximum Gasteiger partial charge on any atom is 0.574 e. The number of nitrogens with zero attached hydrogens (tertiary/aromatic N) is 1. The van der Waals surface area contributed by atoms with Crippen LogP contribution in [0.5, 0.6) is 11.6 Å². The molecular weight excluding hydrogens is 211 g/mol. The molecule has 7 heteroatoms. The lowest BCUT2D eigenvalue weighted by Gasteiger charge is -2.08. The minimum atomic E-state index is -4.89. The Balaban J connectivity index is 2.96. The summed E-state index contributed by atoms with van der Waals surface area (Å²) in [6, 6.07) is 1.14. The smallest absolute Gasteiger partial charge is 0.502 e. The molecule has 1 aromatic heterocycles. The number of aromatic hydroxyl groups is 1. The predicted octanol–water partition coefficient (Wildman–Crippen LogP) is 2.34. The van der Waals surface area contributed by atoms with Gasteiger partial charge in [0.25, 0.3) is 5.88 Å². The van der Waals surface area contributed by atoms with Crippen LogP contribution in [0.25, 0.3) is 0 Å². The normalized spacial score (nSPS) is 11.4. The molecule has 0 saturated heterocycles. The zero-order valence-corrected chi connectivity index (χ0v) is 6.73. The number of aromatic nitrogens is 1. The van der Waals surface area contributed by atoms with Crippen molar-refractivity contribution >= 4 is 11.6 Å². The van der Waals surface area contributed by atoms with Crippen molar-refractivity contribution in [1.82, 2.24) is 4.98 Å². The summed E-state index contributed by atoms with van der Waals surface area (Å²) >= 11 is 5.31. The molecule has 0 spiro atoms. The Morgan fingerprint density at radius 1 is 1.46 bits per heavy atom. The third-order valence-corrected chi connectivity index (χ3v) is 1.36. The average molecular weight is 214 g/mol. The van der Waals surface area contributed by atoms with E-state index in [-0.39, 0.29) is 5.02 Å². The molecule has 0 fully saturated rings. The van der Waals surface area contributed by atoms with Crippen LogP contribution in [-0.4, -0.2) is 16.5 Å². The van der Waals surface area contributed by atoms with E-state index in [4.69, 9.17) is 16.7 Å². The lowest BCUT2D eigenvalue weighted by Crippen LogP contribution is -2.17. The van der Waals surface area contributed by atoms with Crippen LogP contribution in [0.15, 0.2) is 12.3 Å². The van der Waals surface area contributed by atoms with Crippen molar-refractivity contribution in [1.29, 1.82) is 0 Å². The Morgan fingerprint density at radius 3 is 2.62 bits per heavy atom. The molecule has 0 radical (unpaired) electrons. The second-order valence-corrected chi connectivity index (χ2v) is 2.40. The molecule has 1 heterocycles. The van der Waals surface area contributed by atoms with E-state index in [1.165, 1.54) is 0 Å². The van der Waals surface area contributed by atoms with Crippen molar-refractivity contribution in [2.75, 3.05) is 0 Å². The van der Waals surface area contributed by atoms with Crippen LogP contribution in [0.4, 0.5) is 13.2 Å². The fraction of sp³-hybridized carbons (Fsp3) is 0.167. The molecule has 72 valence electrons. The lowest BCUT2D eigenvalue weighted by molar-refractivity contribution is -0.276. The topological polar surface area (TPSA) is 42.4 Å². The van der Waals surface area contributed by atoms with Gasteiger partial charge in [-0.2, -0.15) is 0 Å². The zero-order valence-electron chi connectivity index (χ0n) is 5.97. The summed E-state index contributed by atoms with van der Waals surface area (Å²) in [5.74, 6) is -1.79. The van der Waals surface area contributed by atoms with Crippen LogP contribution >= 0.6 is 11.6 Å². The molecule has 0 aliphatic carbocycles. The molecule has 1 rings (SSSR count). The van der Waals surface area contributed by atoms with E-state index >= 15 is 0 Å². The van der Waals surface area contributed by atoms with Gasteiger partial charge in [-0.3, -0.25) is 0 Å². The highest BCUT2D eigenvalue weighted by Gasteiger charge is 2.33. The first-order valence-electron chi connectivity index (χ1n) is 2.99. The summed E-state index contributed by atoms with van der Waals surface area (Å²) in [5, 5.41) is 8.69. The molecule has 13 heavy (non-hydrogen) atoms. The number of rotatable bonds is 1. The molecule has 0 aliphatic heterocycles. The van der Waals surface area contributed by atoms with Gasteiger partial charge >= 0.3 is 6.36 Å². The highest BCUT2D eigenvalue weighted by Crippen LogP contribution is 2.34. The summed E-state index contributed by atoms with van der Waals surface area (Å²) in [4.78, 5) is 3.15. The van der Waals surface area contributed by atoms with Gasteiger partial charge in [0.1, 0.15) is 0 Å². The van der Waals surface area contributed by atoms with Gasteiger partial charge in [0, 0.05) is 6.20 Å². The first-order valence-corrected chi connectivity index (χ1v) is 3.37. The van der Waals surface area contributed by atoms with E-state index in [1.54, 1.807) is 0 Å². The Labute approximate surface area is 75.7 Å². The largest absolute Gasteiger partial charge is 0.574 e. The van der Waals surface area contributed by atoms with E-state index in [0.29, 0.717) is 0 Å². The molecule has 1 N–H and O–H groups in total. The molecule has 0 aromatic carbocycles. The van der Waals surface area contributed by atoms with Crippen molar-refractivity contribution < 1.29 is 23.0 Å². The summed E-state index contributed by atoms with van der Waals surface area (Å²) in [7, 11) is 0. The lowest BCUT2D eigenvalue weighted by atomic mass is 10.4. The van der Waals surface area contributed by atoms with Gasteiger partial charge in [0.2, 0.25) is 0 Å². The van der Waals surface area contributed by atoms with Gasteiger partial charge in [-0.25, -0.2) is 4.98 Å². The van der Waals surface area contributed by atoms with E-state index in [0.717, 1.165) is 12.3 Å². The molecule has 0 aliphatic rings. The second-order valence-electron chi connectivity index (χ2n) is 1.99. The fourth-order valence-electron chi connectivity index (χ4n) is 0.597. The van der Waals surface area contributed by atoms with Gasteiger partial charge in [0.15, 0.2) is 5.75 Å². The number of hydrogen-bond donors (Lipinski definition) is 1. The van der Waals surface area contributed by atoms with Crippen LogP contribution < -0.4 is 4.74 Å². The van der Waals surface area contributed by atoms with E-state index in [1.807, 2.05) is 0 Å². The van der Waals surface area contributed by atoms with E-state index in [9.17, 15) is 13.2 Å². The second kappa shape index (κ2) is 3.29. The summed E-state index contributed by atoms with van der Waals surface area (Å²) in [6.45, 7) is 0. The Kier molecular flexibility index (Phi) is 2.51. The van der Waals surface area contributed by atoms with Crippen LogP contribution in [-0.2, 0) is 0 Å². The summed E-state index contributed by atoms with van der Waals surface area (Å²) in [5.41, 5.74) is 0. The molecule has 0 unspecified atom stereocenters. The van der Waals surface area contributed by atoms with E-state index < -0.39 is 18.0 Å². The fourth-order valence-corrected chi connectivity index (χ4v) is 0.734. The average Bonchev–Trinajstić information content (AvgIpc) is 1.96. The number of pyridine rings is 1. The predicted molar refractivity (Wildman–Crippen MR) is 37.6 cm³/mol. The Morgan fingerprint density at radius 2 is 2.08 bits per heavy atom. The molecule has 0 amide bonds. The van der Waals surface area contributed by atoms with E-state index in [2.05, 4.69) is 9.72 Å². The van der Waals surface area contributed by atoms with Crippen molar-refractivity contribution in [2.24, 2.45) is 0 Å². The Bertz CT molecular complexity index is 315. The zero-order chi connectivity index (χ0) is 10.1. The SMILES string of the molecule is Oc1c(Cl)ccnc1OC(F)(F)F. The van der Waals surface area contributed by atoms with Gasteiger partial charge < -0.3 is 9.84 Å². The monoisotopic (exact) mass is 213 g/mol. The van der Waals surface area contributed by atoms with Crippen molar-refractivity contribution in [2.45, 2.75) is 6.36 Å². The van der Waals surface area contributed by atoms with Crippen molar-refractivity contribution in [3.8, 4) is 11.6 Å². The highest BCUT2D eigenvalue weighted by atomic mass is 35.5. The van der Waals surface area contributed by atoms with Crippen LogP contribution in [0.3, 0.4) is 0 Å². The van der Waals surface area contributed by atoms with Crippen molar-refractivity contribution in [3.63, 3.8) is 0 Å². The third-order valence-electron chi connectivity index (χ3n) is 1.05. The molecule has 0 bridgehead atoms.